The average Bonchev–Trinajstić information content (AvgIpc) is 2.60. The van der Waals surface area contributed by atoms with Gasteiger partial charge in [0.2, 0.25) is 5.91 Å². The molecule has 2 amide bonds. The fraction of sp³-hybridized carbons (Fsp3) is 0.222. The van der Waals surface area contributed by atoms with E-state index in [4.69, 9.17) is 4.74 Å². The van der Waals surface area contributed by atoms with Crippen LogP contribution in [0.1, 0.15) is 22.8 Å². The molecule has 0 aromatic heterocycles. The standard InChI is InChI=1S/C18H20N2O3/c1-3-13-8-4-6-10-15(13)20-17(21)12-19-18(22)14-9-5-7-11-16(14)23-2/h4-11H,3,12H2,1-2H3,(H,19,22)(H,20,21). The van der Waals surface area contributed by atoms with E-state index >= 15 is 0 Å². The van der Waals surface area contributed by atoms with Gasteiger partial charge in [-0.05, 0) is 30.2 Å². The van der Waals surface area contributed by atoms with Crippen LogP contribution in [-0.4, -0.2) is 25.5 Å². The number of hydrogen-bond acceptors (Lipinski definition) is 3. The lowest BCUT2D eigenvalue weighted by atomic mass is 10.1. The Morgan fingerprint density at radius 3 is 2.48 bits per heavy atom. The summed E-state index contributed by atoms with van der Waals surface area (Å²) in [6.07, 6.45) is 0.823. The van der Waals surface area contributed by atoms with Crippen LogP contribution >= 0.6 is 0 Å². The van der Waals surface area contributed by atoms with Crippen molar-refractivity contribution in [2.45, 2.75) is 13.3 Å². The molecule has 2 aromatic rings. The summed E-state index contributed by atoms with van der Waals surface area (Å²) in [6, 6.07) is 14.5. The number of nitrogens with one attached hydrogen (secondary N) is 2. The Morgan fingerprint density at radius 2 is 1.74 bits per heavy atom. The fourth-order valence-electron chi connectivity index (χ4n) is 2.23. The Morgan fingerprint density at radius 1 is 1.04 bits per heavy atom. The summed E-state index contributed by atoms with van der Waals surface area (Å²) in [7, 11) is 1.50. The molecule has 0 unspecified atom stereocenters. The average molecular weight is 312 g/mol. The van der Waals surface area contributed by atoms with Crippen molar-refractivity contribution < 1.29 is 14.3 Å². The van der Waals surface area contributed by atoms with Gasteiger partial charge in [-0.15, -0.1) is 0 Å². The number of carbonyl (C=O) groups excluding carboxylic acids is 2. The minimum atomic E-state index is -0.346. The molecule has 0 radical (unpaired) electrons. The van der Waals surface area contributed by atoms with Crippen molar-refractivity contribution in [2.75, 3.05) is 19.0 Å². The summed E-state index contributed by atoms with van der Waals surface area (Å²) in [5, 5.41) is 5.41. The summed E-state index contributed by atoms with van der Waals surface area (Å²) in [4.78, 5) is 24.1. The second-order valence-electron chi connectivity index (χ2n) is 4.94. The van der Waals surface area contributed by atoms with Gasteiger partial charge in [0.25, 0.3) is 5.91 Å². The van der Waals surface area contributed by atoms with E-state index in [1.165, 1.54) is 7.11 Å². The van der Waals surface area contributed by atoms with Crippen molar-refractivity contribution in [1.82, 2.24) is 5.32 Å². The molecule has 0 fully saturated rings. The Labute approximate surface area is 135 Å². The van der Waals surface area contributed by atoms with E-state index in [0.29, 0.717) is 11.3 Å². The van der Waals surface area contributed by atoms with E-state index in [-0.39, 0.29) is 18.4 Å². The number of carbonyl (C=O) groups is 2. The molecule has 0 bridgehead atoms. The number of rotatable bonds is 6. The highest BCUT2D eigenvalue weighted by Crippen LogP contribution is 2.17. The van der Waals surface area contributed by atoms with Gasteiger partial charge in [-0.1, -0.05) is 37.3 Å². The summed E-state index contributed by atoms with van der Waals surface area (Å²) >= 11 is 0. The molecule has 120 valence electrons. The number of methoxy groups -OCH3 is 1. The maximum absolute atomic E-state index is 12.1. The van der Waals surface area contributed by atoms with Gasteiger partial charge in [0.1, 0.15) is 5.75 Å². The first-order valence-corrected chi connectivity index (χ1v) is 7.44. The first-order valence-electron chi connectivity index (χ1n) is 7.44. The number of aryl methyl sites for hydroxylation is 1. The molecule has 2 aromatic carbocycles. The van der Waals surface area contributed by atoms with Gasteiger partial charge in [0.15, 0.2) is 0 Å². The van der Waals surface area contributed by atoms with Gasteiger partial charge in [-0.3, -0.25) is 9.59 Å². The predicted octanol–water partition coefficient (Wildman–Crippen LogP) is 2.63. The van der Waals surface area contributed by atoms with Crippen molar-refractivity contribution in [2.24, 2.45) is 0 Å². The lowest BCUT2D eigenvalue weighted by Crippen LogP contribution is -2.33. The SMILES string of the molecule is CCc1ccccc1NC(=O)CNC(=O)c1ccccc1OC. The van der Waals surface area contributed by atoms with E-state index in [0.717, 1.165) is 17.7 Å². The van der Waals surface area contributed by atoms with Gasteiger partial charge < -0.3 is 15.4 Å². The lowest BCUT2D eigenvalue weighted by molar-refractivity contribution is -0.115. The van der Waals surface area contributed by atoms with Crippen molar-refractivity contribution >= 4 is 17.5 Å². The van der Waals surface area contributed by atoms with Crippen LogP contribution in [0.4, 0.5) is 5.69 Å². The molecule has 0 saturated heterocycles. The van der Waals surface area contributed by atoms with Crippen LogP contribution in [0.15, 0.2) is 48.5 Å². The van der Waals surface area contributed by atoms with E-state index in [2.05, 4.69) is 10.6 Å². The minimum Gasteiger partial charge on any atom is -0.496 e. The Hall–Kier alpha value is -2.82. The van der Waals surface area contributed by atoms with Crippen molar-refractivity contribution in [3.8, 4) is 5.75 Å². The summed E-state index contributed by atoms with van der Waals surface area (Å²) in [5.74, 6) is -0.141. The highest BCUT2D eigenvalue weighted by Gasteiger charge is 2.13. The van der Waals surface area contributed by atoms with Crippen LogP contribution in [0.25, 0.3) is 0 Å². The van der Waals surface area contributed by atoms with Crippen molar-refractivity contribution in [3.05, 3.63) is 59.7 Å². The molecular weight excluding hydrogens is 292 g/mol. The minimum absolute atomic E-state index is 0.102. The molecule has 5 heteroatoms. The Bertz CT molecular complexity index is 698. The van der Waals surface area contributed by atoms with Crippen LogP contribution in [0.5, 0.6) is 5.75 Å². The molecule has 0 atom stereocenters. The number of hydrogen-bond donors (Lipinski definition) is 2. The molecule has 23 heavy (non-hydrogen) atoms. The van der Waals surface area contributed by atoms with Crippen LogP contribution in [-0.2, 0) is 11.2 Å². The highest BCUT2D eigenvalue weighted by molar-refractivity contribution is 6.01. The quantitative estimate of drug-likeness (QED) is 0.861. The zero-order valence-electron chi connectivity index (χ0n) is 13.3. The van der Waals surface area contributed by atoms with E-state index < -0.39 is 0 Å². The summed E-state index contributed by atoms with van der Waals surface area (Å²) in [5.41, 5.74) is 2.22. The highest BCUT2D eigenvalue weighted by atomic mass is 16.5. The van der Waals surface area contributed by atoms with Gasteiger partial charge >= 0.3 is 0 Å². The predicted molar refractivity (Wildman–Crippen MR) is 89.8 cm³/mol. The third kappa shape index (κ3) is 4.32. The van der Waals surface area contributed by atoms with Crippen molar-refractivity contribution in [1.29, 1.82) is 0 Å². The van der Waals surface area contributed by atoms with Crippen LogP contribution in [0.2, 0.25) is 0 Å². The number of benzene rings is 2. The molecule has 0 heterocycles. The normalized spacial score (nSPS) is 10.0. The largest absolute Gasteiger partial charge is 0.496 e. The van der Waals surface area contributed by atoms with Crippen molar-refractivity contribution in [3.63, 3.8) is 0 Å². The number of amides is 2. The molecule has 2 rings (SSSR count). The molecule has 0 aliphatic carbocycles. The Kier molecular flexibility index (Phi) is 5.74. The molecule has 0 aliphatic heterocycles. The number of para-hydroxylation sites is 2. The third-order valence-corrected chi connectivity index (χ3v) is 3.43. The molecular formula is C18H20N2O3. The maximum Gasteiger partial charge on any atom is 0.255 e. The van der Waals surface area contributed by atoms with E-state index in [9.17, 15) is 9.59 Å². The third-order valence-electron chi connectivity index (χ3n) is 3.43. The van der Waals surface area contributed by atoms with Crippen LogP contribution in [0.3, 0.4) is 0 Å². The zero-order chi connectivity index (χ0) is 16.7. The molecule has 0 aliphatic rings. The smallest absolute Gasteiger partial charge is 0.255 e. The Balaban J connectivity index is 1.95. The second-order valence-corrected chi connectivity index (χ2v) is 4.94. The first-order chi connectivity index (χ1) is 11.2. The topological polar surface area (TPSA) is 67.4 Å². The molecule has 0 spiro atoms. The lowest BCUT2D eigenvalue weighted by Gasteiger charge is -2.11. The van der Waals surface area contributed by atoms with E-state index in [1.807, 2.05) is 31.2 Å². The summed E-state index contributed by atoms with van der Waals surface area (Å²) in [6.45, 7) is 1.92. The monoisotopic (exact) mass is 312 g/mol. The maximum atomic E-state index is 12.1. The first kappa shape index (κ1) is 16.5. The fourth-order valence-corrected chi connectivity index (χ4v) is 2.23. The van der Waals surface area contributed by atoms with E-state index in [1.54, 1.807) is 24.3 Å². The zero-order valence-corrected chi connectivity index (χ0v) is 13.3. The second kappa shape index (κ2) is 7.98. The molecule has 2 N–H and O–H groups in total. The van der Waals surface area contributed by atoms with Gasteiger partial charge in [0, 0.05) is 5.69 Å². The number of anilines is 1. The molecule has 0 saturated carbocycles. The number of ether oxygens (including phenoxy) is 1. The van der Waals surface area contributed by atoms with Crippen LogP contribution < -0.4 is 15.4 Å². The van der Waals surface area contributed by atoms with Gasteiger partial charge in [0.05, 0.1) is 19.2 Å². The van der Waals surface area contributed by atoms with Gasteiger partial charge in [-0.2, -0.15) is 0 Å². The van der Waals surface area contributed by atoms with Crippen LogP contribution in [0, 0.1) is 0 Å². The molecule has 5 nitrogen and oxygen atoms in total. The summed E-state index contributed by atoms with van der Waals surface area (Å²) < 4.78 is 5.14. The van der Waals surface area contributed by atoms with Gasteiger partial charge in [-0.25, -0.2) is 0 Å².